The van der Waals surface area contributed by atoms with Crippen molar-refractivity contribution in [2.24, 2.45) is 0 Å². The fourth-order valence-corrected chi connectivity index (χ4v) is 4.84. The third-order valence-corrected chi connectivity index (χ3v) is 5.87. The molecule has 1 aromatic carbocycles. The van der Waals surface area contributed by atoms with Crippen molar-refractivity contribution in [3.8, 4) is 0 Å². The summed E-state index contributed by atoms with van der Waals surface area (Å²) in [5, 5.41) is 5.38. The summed E-state index contributed by atoms with van der Waals surface area (Å²) < 4.78 is 1.04. The van der Waals surface area contributed by atoms with Crippen molar-refractivity contribution in [1.82, 2.24) is 5.32 Å². The molecule has 1 aromatic rings. The number of benzene rings is 1. The number of hydrogen-bond acceptors (Lipinski definition) is 2. The summed E-state index contributed by atoms with van der Waals surface area (Å²) in [6, 6.07) is 7.08. The second-order valence-electron chi connectivity index (χ2n) is 5.09. The second-order valence-corrected chi connectivity index (χ2v) is 7.92. The topological polar surface area (TPSA) is 12.0 Å². The summed E-state index contributed by atoms with van der Waals surface area (Å²) >= 11 is 11.9. The van der Waals surface area contributed by atoms with Crippen molar-refractivity contribution < 1.29 is 0 Å². The molecule has 0 bridgehead atoms. The summed E-state index contributed by atoms with van der Waals surface area (Å²) in [7, 11) is 0. The van der Waals surface area contributed by atoms with Gasteiger partial charge in [0.25, 0.3) is 0 Å². The third kappa shape index (κ3) is 4.13. The summed E-state index contributed by atoms with van der Waals surface area (Å²) in [5.41, 5.74) is 1.19. The average molecular weight is 363 g/mol. The highest BCUT2D eigenvalue weighted by Gasteiger charge is 2.28. The van der Waals surface area contributed by atoms with Crippen LogP contribution in [0.15, 0.2) is 22.7 Å². The van der Waals surface area contributed by atoms with E-state index in [2.05, 4.69) is 59.0 Å². The van der Waals surface area contributed by atoms with E-state index in [4.69, 9.17) is 11.6 Å². The standard InChI is InChI=1S/C15H21BrClNS/c1-3-19-15-6-4-5-14(15)18-10(2)12-8-7-11(16)9-13(12)17/h7-10,14-15,18H,3-6H2,1-2H3. The first-order valence-corrected chi connectivity index (χ1v) is 9.16. The molecule has 0 aromatic heterocycles. The van der Waals surface area contributed by atoms with Gasteiger partial charge in [0, 0.05) is 26.8 Å². The van der Waals surface area contributed by atoms with E-state index in [1.54, 1.807) is 0 Å². The van der Waals surface area contributed by atoms with Crippen LogP contribution in [-0.2, 0) is 0 Å². The summed E-state index contributed by atoms with van der Waals surface area (Å²) in [5.74, 6) is 1.20. The fraction of sp³-hybridized carbons (Fsp3) is 0.600. The zero-order valence-electron chi connectivity index (χ0n) is 11.5. The van der Waals surface area contributed by atoms with Crippen molar-refractivity contribution in [3.05, 3.63) is 33.3 Å². The minimum Gasteiger partial charge on any atom is -0.306 e. The molecule has 0 aliphatic heterocycles. The van der Waals surface area contributed by atoms with E-state index in [0.717, 1.165) is 14.7 Å². The Labute approximate surface area is 134 Å². The number of thioether (sulfide) groups is 1. The van der Waals surface area contributed by atoms with Gasteiger partial charge in [0.1, 0.15) is 0 Å². The van der Waals surface area contributed by atoms with Crippen LogP contribution in [0.5, 0.6) is 0 Å². The molecule has 0 radical (unpaired) electrons. The van der Waals surface area contributed by atoms with Crippen LogP contribution in [0.2, 0.25) is 5.02 Å². The van der Waals surface area contributed by atoms with Gasteiger partial charge in [-0.2, -0.15) is 11.8 Å². The van der Waals surface area contributed by atoms with E-state index in [-0.39, 0.29) is 0 Å². The van der Waals surface area contributed by atoms with E-state index in [1.807, 2.05) is 6.07 Å². The maximum atomic E-state index is 6.33. The van der Waals surface area contributed by atoms with Crippen LogP contribution < -0.4 is 5.32 Å². The summed E-state index contributed by atoms with van der Waals surface area (Å²) in [6.45, 7) is 4.45. The monoisotopic (exact) mass is 361 g/mol. The molecule has 0 saturated heterocycles. The first-order valence-electron chi connectivity index (χ1n) is 6.94. The van der Waals surface area contributed by atoms with Crippen molar-refractivity contribution >= 4 is 39.3 Å². The molecule has 0 heterocycles. The minimum absolute atomic E-state index is 0.309. The average Bonchev–Trinajstić information content (AvgIpc) is 2.77. The van der Waals surface area contributed by atoms with Crippen LogP contribution >= 0.6 is 39.3 Å². The first-order chi connectivity index (χ1) is 9.11. The summed E-state index contributed by atoms with van der Waals surface area (Å²) in [4.78, 5) is 0. The molecule has 4 heteroatoms. The minimum atomic E-state index is 0.309. The lowest BCUT2D eigenvalue weighted by Gasteiger charge is -2.25. The zero-order chi connectivity index (χ0) is 13.8. The predicted octanol–water partition coefficient (Wildman–Crippen LogP) is 5.43. The van der Waals surface area contributed by atoms with Gasteiger partial charge in [0.2, 0.25) is 0 Å². The molecule has 2 rings (SSSR count). The molecule has 1 nitrogen and oxygen atoms in total. The van der Waals surface area contributed by atoms with Crippen LogP contribution in [0.4, 0.5) is 0 Å². The van der Waals surface area contributed by atoms with Crippen LogP contribution in [0.25, 0.3) is 0 Å². The molecule has 1 saturated carbocycles. The Kier molecular flexibility index (Phi) is 6.07. The maximum Gasteiger partial charge on any atom is 0.0464 e. The van der Waals surface area contributed by atoms with Gasteiger partial charge < -0.3 is 5.32 Å². The SMILES string of the molecule is CCSC1CCCC1NC(C)c1ccc(Br)cc1Cl. The molecule has 3 unspecified atom stereocenters. The smallest absolute Gasteiger partial charge is 0.0464 e. The van der Waals surface area contributed by atoms with Gasteiger partial charge in [-0.15, -0.1) is 0 Å². The van der Waals surface area contributed by atoms with Gasteiger partial charge in [-0.05, 0) is 43.2 Å². The lowest BCUT2D eigenvalue weighted by molar-refractivity contribution is 0.467. The van der Waals surface area contributed by atoms with Crippen LogP contribution in [0, 0.1) is 0 Å². The molecule has 0 amide bonds. The third-order valence-electron chi connectivity index (χ3n) is 3.73. The number of nitrogens with one attached hydrogen (secondary N) is 1. The molecule has 1 fully saturated rings. The molecular weight excluding hydrogens is 342 g/mol. The van der Waals surface area contributed by atoms with Crippen LogP contribution in [0.1, 0.15) is 44.7 Å². The Morgan fingerprint density at radius 1 is 1.47 bits per heavy atom. The highest BCUT2D eigenvalue weighted by atomic mass is 79.9. The quantitative estimate of drug-likeness (QED) is 0.749. The molecule has 19 heavy (non-hydrogen) atoms. The van der Waals surface area contributed by atoms with Crippen molar-refractivity contribution in [2.45, 2.75) is 50.4 Å². The van der Waals surface area contributed by atoms with E-state index in [0.29, 0.717) is 12.1 Å². The van der Waals surface area contributed by atoms with Gasteiger partial charge in [-0.1, -0.05) is 46.9 Å². The molecule has 106 valence electrons. The van der Waals surface area contributed by atoms with Crippen molar-refractivity contribution in [2.75, 3.05) is 5.75 Å². The first kappa shape index (κ1) is 15.7. The van der Waals surface area contributed by atoms with E-state index in [1.165, 1.54) is 30.6 Å². The van der Waals surface area contributed by atoms with Gasteiger partial charge in [-0.25, -0.2) is 0 Å². The predicted molar refractivity (Wildman–Crippen MR) is 90.3 cm³/mol. The Morgan fingerprint density at radius 3 is 2.95 bits per heavy atom. The normalized spacial score (nSPS) is 24.6. The number of rotatable bonds is 5. The Morgan fingerprint density at radius 2 is 2.26 bits per heavy atom. The Bertz CT molecular complexity index is 427. The highest BCUT2D eigenvalue weighted by Crippen LogP contribution is 2.33. The van der Waals surface area contributed by atoms with E-state index in [9.17, 15) is 0 Å². The molecule has 1 aliphatic carbocycles. The number of halogens is 2. The largest absolute Gasteiger partial charge is 0.306 e. The van der Waals surface area contributed by atoms with Crippen molar-refractivity contribution in [1.29, 1.82) is 0 Å². The zero-order valence-corrected chi connectivity index (χ0v) is 14.6. The molecule has 1 aliphatic rings. The molecule has 3 atom stereocenters. The maximum absolute atomic E-state index is 6.33. The lowest BCUT2D eigenvalue weighted by Crippen LogP contribution is -2.36. The molecule has 1 N–H and O–H groups in total. The second kappa shape index (κ2) is 7.35. The fourth-order valence-electron chi connectivity index (χ4n) is 2.79. The molecule has 0 spiro atoms. The Balaban J connectivity index is 2.02. The lowest BCUT2D eigenvalue weighted by atomic mass is 10.1. The van der Waals surface area contributed by atoms with E-state index < -0.39 is 0 Å². The highest BCUT2D eigenvalue weighted by molar-refractivity contribution is 9.10. The van der Waals surface area contributed by atoms with Gasteiger partial charge in [0.05, 0.1) is 0 Å². The van der Waals surface area contributed by atoms with Crippen LogP contribution in [0.3, 0.4) is 0 Å². The number of hydrogen-bond donors (Lipinski definition) is 1. The summed E-state index contributed by atoms with van der Waals surface area (Å²) in [6.07, 6.45) is 3.98. The van der Waals surface area contributed by atoms with Gasteiger partial charge in [-0.3, -0.25) is 0 Å². The van der Waals surface area contributed by atoms with Crippen molar-refractivity contribution in [3.63, 3.8) is 0 Å². The Hall–Kier alpha value is 0.300. The van der Waals surface area contributed by atoms with Gasteiger partial charge >= 0.3 is 0 Å². The van der Waals surface area contributed by atoms with Crippen LogP contribution in [-0.4, -0.2) is 17.0 Å². The van der Waals surface area contributed by atoms with Gasteiger partial charge in [0.15, 0.2) is 0 Å². The molecular formula is C15H21BrClNS. The van der Waals surface area contributed by atoms with E-state index >= 15 is 0 Å².